The van der Waals surface area contributed by atoms with Crippen LogP contribution in [0.1, 0.15) is 12.5 Å². The molecule has 1 atom stereocenters. The third kappa shape index (κ3) is 5.41. The molecule has 0 radical (unpaired) electrons. The van der Waals surface area contributed by atoms with Crippen LogP contribution < -0.4 is 10.5 Å². The van der Waals surface area contributed by atoms with E-state index in [0.717, 1.165) is 5.56 Å². The van der Waals surface area contributed by atoms with Gasteiger partial charge in [-0.05, 0) is 26.0 Å². The summed E-state index contributed by atoms with van der Waals surface area (Å²) < 4.78 is 5.50. The van der Waals surface area contributed by atoms with E-state index in [1.54, 1.807) is 16.7 Å². The highest BCUT2D eigenvalue weighted by Crippen LogP contribution is 2.12. The topological polar surface area (TPSA) is 75.9 Å². The molecule has 0 saturated carbocycles. The number of carbonyl (C=O) groups excluding carboxylic acids is 2. The molecule has 2 N–H and O–H groups in total. The number of benzene rings is 1. The van der Waals surface area contributed by atoms with Crippen molar-refractivity contribution in [1.82, 2.24) is 9.80 Å². The Hall–Kier alpha value is -1.79. The fourth-order valence-electron chi connectivity index (χ4n) is 2.34. The zero-order chi connectivity index (χ0) is 16.1. The van der Waals surface area contributed by atoms with Crippen molar-refractivity contribution in [2.24, 2.45) is 5.73 Å². The number of carbonyl (C=O) groups is 2. The lowest BCUT2D eigenvalue weighted by Crippen LogP contribution is -2.54. The number of nitrogens with two attached hydrogens (primary N) is 1. The predicted molar refractivity (Wildman–Crippen MR) is 90.7 cm³/mol. The van der Waals surface area contributed by atoms with E-state index in [0.29, 0.717) is 31.9 Å². The van der Waals surface area contributed by atoms with Crippen molar-refractivity contribution in [3.8, 4) is 5.75 Å². The smallest absolute Gasteiger partial charge is 0.260 e. The standard InChI is InChI=1S/C16H23N3O3.ClH/c1-12-3-5-14(6-4-12)22-11-15(20)18-7-9-19(10-8-18)16(21)13(2)17;/h3-6,13H,7-11,17H2,1-2H3;1H/t13-;/m1./s1. The summed E-state index contributed by atoms with van der Waals surface area (Å²) in [7, 11) is 0. The number of rotatable bonds is 4. The van der Waals surface area contributed by atoms with E-state index >= 15 is 0 Å². The van der Waals surface area contributed by atoms with E-state index < -0.39 is 6.04 Å². The Kier molecular flexibility index (Phi) is 7.32. The minimum absolute atomic E-state index is 0. The second kappa shape index (κ2) is 8.74. The maximum absolute atomic E-state index is 12.1. The maximum Gasteiger partial charge on any atom is 0.260 e. The van der Waals surface area contributed by atoms with Crippen LogP contribution in [0.5, 0.6) is 5.75 Å². The molecule has 1 saturated heterocycles. The van der Waals surface area contributed by atoms with E-state index in [-0.39, 0.29) is 30.8 Å². The van der Waals surface area contributed by atoms with Crippen LogP contribution in [0.3, 0.4) is 0 Å². The van der Waals surface area contributed by atoms with Crippen LogP contribution in [0.25, 0.3) is 0 Å². The van der Waals surface area contributed by atoms with Gasteiger partial charge in [-0.1, -0.05) is 17.7 Å². The Bertz CT molecular complexity index is 526. The third-order valence-corrected chi connectivity index (χ3v) is 3.72. The lowest BCUT2D eigenvalue weighted by Gasteiger charge is -2.35. The van der Waals surface area contributed by atoms with E-state index in [1.165, 1.54) is 0 Å². The predicted octanol–water partition coefficient (Wildman–Crippen LogP) is 0.814. The van der Waals surface area contributed by atoms with Crippen molar-refractivity contribution >= 4 is 24.2 Å². The molecule has 2 rings (SSSR count). The summed E-state index contributed by atoms with van der Waals surface area (Å²) in [5.74, 6) is 0.557. The SMILES string of the molecule is Cc1ccc(OCC(=O)N2CCN(C(=O)[C@@H](C)N)CC2)cc1.Cl. The summed E-state index contributed by atoms with van der Waals surface area (Å²) in [6.45, 7) is 5.79. The van der Waals surface area contributed by atoms with Crippen molar-refractivity contribution in [1.29, 1.82) is 0 Å². The zero-order valence-electron chi connectivity index (χ0n) is 13.5. The zero-order valence-corrected chi connectivity index (χ0v) is 14.3. The van der Waals surface area contributed by atoms with Crippen LogP contribution >= 0.6 is 12.4 Å². The number of amides is 2. The number of hydrogen-bond donors (Lipinski definition) is 1. The number of aryl methyl sites for hydroxylation is 1. The highest BCUT2D eigenvalue weighted by Gasteiger charge is 2.25. The highest BCUT2D eigenvalue weighted by atomic mass is 35.5. The monoisotopic (exact) mass is 341 g/mol. The Labute approximate surface area is 143 Å². The Morgan fingerprint density at radius 3 is 2.17 bits per heavy atom. The summed E-state index contributed by atoms with van der Waals surface area (Å²) >= 11 is 0. The third-order valence-electron chi connectivity index (χ3n) is 3.72. The normalized spacial score (nSPS) is 15.6. The molecule has 1 aliphatic rings. The van der Waals surface area contributed by atoms with Gasteiger partial charge in [0.2, 0.25) is 5.91 Å². The van der Waals surface area contributed by atoms with Crippen LogP contribution in [0.15, 0.2) is 24.3 Å². The number of piperazine rings is 1. The number of ether oxygens (including phenoxy) is 1. The molecule has 2 amide bonds. The molecule has 1 aliphatic heterocycles. The molecule has 6 nitrogen and oxygen atoms in total. The number of nitrogens with zero attached hydrogens (tertiary/aromatic N) is 2. The van der Waals surface area contributed by atoms with Gasteiger partial charge < -0.3 is 20.3 Å². The first kappa shape index (κ1) is 19.3. The quantitative estimate of drug-likeness (QED) is 0.879. The van der Waals surface area contributed by atoms with Crippen LogP contribution in [-0.2, 0) is 9.59 Å². The summed E-state index contributed by atoms with van der Waals surface area (Å²) in [6.07, 6.45) is 0. The second-order valence-corrected chi connectivity index (χ2v) is 5.60. The highest BCUT2D eigenvalue weighted by molar-refractivity contribution is 5.85. The van der Waals surface area contributed by atoms with E-state index in [2.05, 4.69) is 0 Å². The van der Waals surface area contributed by atoms with Gasteiger partial charge in [0.1, 0.15) is 5.75 Å². The van der Waals surface area contributed by atoms with Crippen molar-refractivity contribution in [2.45, 2.75) is 19.9 Å². The van der Waals surface area contributed by atoms with Crippen LogP contribution in [0, 0.1) is 6.92 Å². The lowest BCUT2D eigenvalue weighted by molar-refractivity contribution is -0.141. The second-order valence-electron chi connectivity index (χ2n) is 5.60. The molecule has 23 heavy (non-hydrogen) atoms. The first-order chi connectivity index (χ1) is 10.5. The lowest BCUT2D eigenvalue weighted by atomic mass is 10.2. The number of hydrogen-bond acceptors (Lipinski definition) is 4. The van der Waals surface area contributed by atoms with Gasteiger partial charge in [-0.15, -0.1) is 12.4 Å². The fourth-order valence-corrected chi connectivity index (χ4v) is 2.34. The van der Waals surface area contributed by atoms with Crippen LogP contribution in [-0.4, -0.2) is 60.4 Å². The van der Waals surface area contributed by atoms with Crippen LogP contribution in [0.2, 0.25) is 0 Å². The molecule has 7 heteroatoms. The summed E-state index contributed by atoms with van der Waals surface area (Å²) in [5, 5.41) is 0. The molecule has 0 bridgehead atoms. The van der Waals surface area contributed by atoms with E-state index in [4.69, 9.17) is 10.5 Å². The molecule has 0 aromatic heterocycles. The van der Waals surface area contributed by atoms with E-state index in [9.17, 15) is 9.59 Å². The van der Waals surface area contributed by atoms with E-state index in [1.807, 2.05) is 31.2 Å². The molecule has 1 aromatic rings. The fraction of sp³-hybridized carbons (Fsp3) is 0.500. The minimum Gasteiger partial charge on any atom is -0.484 e. The van der Waals surface area contributed by atoms with Gasteiger partial charge in [0.25, 0.3) is 5.91 Å². The van der Waals surface area contributed by atoms with Crippen molar-refractivity contribution in [2.75, 3.05) is 32.8 Å². The van der Waals surface area contributed by atoms with Gasteiger partial charge in [0.05, 0.1) is 6.04 Å². The van der Waals surface area contributed by atoms with Crippen molar-refractivity contribution in [3.05, 3.63) is 29.8 Å². The van der Waals surface area contributed by atoms with Gasteiger partial charge in [-0.3, -0.25) is 9.59 Å². The van der Waals surface area contributed by atoms with Gasteiger partial charge in [-0.2, -0.15) is 0 Å². The molecule has 1 aromatic carbocycles. The first-order valence-electron chi connectivity index (χ1n) is 7.49. The molecule has 0 spiro atoms. The Morgan fingerprint density at radius 1 is 1.13 bits per heavy atom. The average molecular weight is 342 g/mol. The molecule has 1 heterocycles. The minimum atomic E-state index is -0.493. The number of halogens is 1. The summed E-state index contributed by atoms with van der Waals surface area (Å²) in [5.41, 5.74) is 6.74. The van der Waals surface area contributed by atoms with Crippen molar-refractivity contribution in [3.63, 3.8) is 0 Å². The van der Waals surface area contributed by atoms with Crippen LogP contribution in [0.4, 0.5) is 0 Å². The van der Waals surface area contributed by atoms with Gasteiger partial charge in [-0.25, -0.2) is 0 Å². The van der Waals surface area contributed by atoms with Gasteiger partial charge in [0, 0.05) is 26.2 Å². The largest absolute Gasteiger partial charge is 0.484 e. The van der Waals surface area contributed by atoms with Crippen molar-refractivity contribution < 1.29 is 14.3 Å². The molecular weight excluding hydrogens is 318 g/mol. The van der Waals surface area contributed by atoms with Gasteiger partial charge in [0.15, 0.2) is 6.61 Å². The van der Waals surface area contributed by atoms with Gasteiger partial charge >= 0.3 is 0 Å². The average Bonchev–Trinajstić information content (AvgIpc) is 2.53. The molecule has 0 aliphatic carbocycles. The maximum atomic E-state index is 12.1. The summed E-state index contributed by atoms with van der Waals surface area (Å²) in [4.78, 5) is 27.3. The Balaban J connectivity index is 0.00000264. The molecule has 0 unspecified atom stereocenters. The summed E-state index contributed by atoms with van der Waals surface area (Å²) in [6, 6.07) is 7.09. The Morgan fingerprint density at radius 2 is 1.65 bits per heavy atom. The molecule has 1 fully saturated rings. The molecule has 128 valence electrons. The first-order valence-corrected chi connectivity index (χ1v) is 7.49. The molecular formula is C16H24ClN3O3.